The Hall–Kier alpha value is -3.62. The van der Waals surface area contributed by atoms with Gasteiger partial charge in [-0.3, -0.25) is 14.9 Å². The fourth-order valence-corrected chi connectivity index (χ4v) is 2.45. The van der Waals surface area contributed by atoms with E-state index in [0.29, 0.717) is 16.5 Å². The molecule has 1 aliphatic heterocycles. The van der Waals surface area contributed by atoms with Gasteiger partial charge in [0.25, 0.3) is 11.8 Å². The lowest BCUT2D eigenvalue weighted by Crippen LogP contribution is -2.54. The van der Waals surface area contributed by atoms with Gasteiger partial charge in [0.2, 0.25) is 0 Å². The van der Waals surface area contributed by atoms with Crippen molar-refractivity contribution < 1.29 is 32.7 Å². The second-order valence-electron chi connectivity index (χ2n) is 5.60. The minimum Gasteiger partial charge on any atom is -0.508 e. The Kier molecular flexibility index (Phi) is 4.44. The van der Waals surface area contributed by atoms with Crippen molar-refractivity contribution in [1.29, 1.82) is 0 Å². The summed E-state index contributed by atoms with van der Waals surface area (Å²) in [6.07, 6.45) is -3.49. The monoisotopic (exact) mass is 376 g/mol. The zero-order chi connectivity index (χ0) is 19.8. The maximum atomic E-state index is 12.9. The van der Waals surface area contributed by atoms with Gasteiger partial charge in [-0.25, -0.2) is 9.69 Å². The van der Waals surface area contributed by atoms with Crippen LogP contribution in [0.5, 0.6) is 5.75 Å². The van der Waals surface area contributed by atoms with Gasteiger partial charge in [-0.15, -0.1) is 0 Å². The number of imide groups is 2. The van der Waals surface area contributed by atoms with Gasteiger partial charge in [-0.05, 0) is 42.0 Å². The van der Waals surface area contributed by atoms with Gasteiger partial charge in [0.05, 0.1) is 11.3 Å². The predicted molar refractivity (Wildman–Crippen MR) is 88.6 cm³/mol. The fourth-order valence-electron chi connectivity index (χ4n) is 2.45. The summed E-state index contributed by atoms with van der Waals surface area (Å²) in [6.45, 7) is 0. The number of benzene rings is 2. The second kappa shape index (κ2) is 6.60. The summed E-state index contributed by atoms with van der Waals surface area (Å²) in [6, 6.07) is 8.01. The molecule has 0 spiro atoms. The number of amides is 4. The Bertz CT molecular complexity index is 965. The summed E-state index contributed by atoms with van der Waals surface area (Å²) in [5.74, 6) is -2.06. The highest BCUT2D eigenvalue weighted by Crippen LogP contribution is 2.32. The third kappa shape index (κ3) is 3.66. The van der Waals surface area contributed by atoms with Gasteiger partial charge in [-0.1, -0.05) is 18.2 Å². The van der Waals surface area contributed by atoms with Crippen LogP contribution in [0.4, 0.5) is 23.7 Å². The molecule has 1 fully saturated rings. The zero-order valence-electron chi connectivity index (χ0n) is 13.4. The zero-order valence-corrected chi connectivity index (χ0v) is 13.4. The maximum Gasteiger partial charge on any atom is 0.416 e. The SMILES string of the molecule is O=C1NC(=O)N(c2cccc(C(F)(F)F)c2)C(=O)/C1=C\c1ccc(O)cc1. The molecule has 0 atom stereocenters. The Morgan fingerprint density at radius 3 is 2.30 bits per heavy atom. The molecule has 1 heterocycles. The van der Waals surface area contributed by atoms with E-state index in [1.807, 2.05) is 5.32 Å². The van der Waals surface area contributed by atoms with Crippen LogP contribution >= 0.6 is 0 Å². The van der Waals surface area contributed by atoms with Crippen molar-refractivity contribution in [3.05, 3.63) is 65.2 Å². The molecule has 9 heteroatoms. The molecule has 2 N–H and O–H groups in total. The molecule has 0 aliphatic carbocycles. The molecule has 0 saturated carbocycles. The second-order valence-corrected chi connectivity index (χ2v) is 5.60. The molecule has 138 valence electrons. The summed E-state index contributed by atoms with van der Waals surface area (Å²) in [5.41, 5.74) is -1.42. The number of halogens is 3. The van der Waals surface area contributed by atoms with Crippen LogP contribution in [0.2, 0.25) is 0 Å². The van der Waals surface area contributed by atoms with Crippen LogP contribution in [0.3, 0.4) is 0 Å². The summed E-state index contributed by atoms with van der Waals surface area (Å²) in [5, 5.41) is 11.2. The Morgan fingerprint density at radius 2 is 1.67 bits per heavy atom. The van der Waals surface area contributed by atoms with E-state index in [1.54, 1.807) is 0 Å². The number of anilines is 1. The minimum absolute atomic E-state index is 0.0302. The van der Waals surface area contributed by atoms with Gasteiger partial charge < -0.3 is 5.11 Å². The Labute approximate surface area is 150 Å². The highest BCUT2D eigenvalue weighted by Gasteiger charge is 2.38. The lowest BCUT2D eigenvalue weighted by molar-refractivity contribution is -0.137. The third-order valence-electron chi connectivity index (χ3n) is 3.74. The van der Waals surface area contributed by atoms with E-state index in [9.17, 15) is 32.7 Å². The molecule has 1 aliphatic rings. The van der Waals surface area contributed by atoms with Crippen molar-refractivity contribution in [3.63, 3.8) is 0 Å². The smallest absolute Gasteiger partial charge is 0.416 e. The first-order valence-corrected chi connectivity index (χ1v) is 7.54. The molecule has 27 heavy (non-hydrogen) atoms. The van der Waals surface area contributed by atoms with Gasteiger partial charge in [-0.2, -0.15) is 13.2 Å². The van der Waals surface area contributed by atoms with Crippen LogP contribution in [0, 0.1) is 0 Å². The topological polar surface area (TPSA) is 86.7 Å². The van der Waals surface area contributed by atoms with Crippen molar-refractivity contribution in [1.82, 2.24) is 5.32 Å². The van der Waals surface area contributed by atoms with E-state index in [1.165, 1.54) is 30.3 Å². The normalized spacial score (nSPS) is 16.6. The number of alkyl halides is 3. The van der Waals surface area contributed by atoms with Crippen LogP contribution in [0.1, 0.15) is 11.1 Å². The summed E-state index contributed by atoms with van der Waals surface area (Å²) >= 11 is 0. The number of carbonyl (C=O) groups excluding carboxylic acids is 3. The largest absolute Gasteiger partial charge is 0.508 e. The van der Waals surface area contributed by atoms with Crippen molar-refractivity contribution >= 4 is 29.6 Å². The number of phenolic OH excluding ortho intramolecular Hbond substituents is 1. The Balaban J connectivity index is 2.02. The number of phenols is 1. The number of barbiturate groups is 1. The molecule has 0 radical (unpaired) electrons. The van der Waals surface area contributed by atoms with Crippen molar-refractivity contribution in [3.8, 4) is 5.75 Å². The minimum atomic E-state index is -4.66. The molecule has 3 rings (SSSR count). The van der Waals surface area contributed by atoms with Crippen LogP contribution in [-0.4, -0.2) is 23.0 Å². The maximum absolute atomic E-state index is 12.9. The molecule has 6 nitrogen and oxygen atoms in total. The van der Waals surface area contributed by atoms with Crippen LogP contribution in [0.15, 0.2) is 54.1 Å². The number of rotatable bonds is 2. The highest BCUT2D eigenvalue weighted by atomic mass is 19.4. The Morgan fingerprint density at radius 1 is 1.00 bits per heavy atom. The molecule has 0 aromatic heterocycles. The van der Waals surface area contributed by atoms with E-state index >= 15 is 0 Å². The van der Waals surface area contributed by atoms with E-state index in [0.717, 1.165) is 18.2 Å². The fraction of sp³-hybridized carbons (Fsp3) is 0.0556. The average molecular weight is 376 g/mol. The molecular weight excluding hydrogens is 365 g/mol. The summed E-state index contributed by atoms with van der Waals surface area (Å²) in [4.78, 5) is 37.1. The molecule has 2 aromatic rings. The molecule has 0 bridgehead atoms. The van der Waals surface area contributed by atoms with E-state index in [-0.39, 0.29) is 11.4 Å². The van der Waals surface area contributed by atoms with Gasteiger partial charge in [0.1, 0.15) is 11.3 Å². The van der Waals surface area contributed by atoms with Crippen LogP contribution < -0.4 is 10.2 Å². The van der Waals surface area contributed by atoms with Crippen molar-refractivity contribution in [2.75, 3.05) is 4.90 Å². The lowest BCUT2D eigenvalue weighted by atomic mass is 10.1. The number of nitrogens with one attached hydrogen (secondary N) is 1. The predicted octanol–water partition coefficient (Wildman–Crippen LogP) is 3.08. The van der Waals surface area contributed by atoms with Crippen LogP contribution in [0.25, 0.3) is 6.08 Å². The van der Waals surface area contributed by atoms with Gasteiger partial charge >= 0.3 is 12.2 Å². The number of urea groups is 1. The summed E-state index contributed by atoms with van der Waals surface area (Å²) < 4.78 is 38.7. The first-order valence-electron chi connectivity index (χ1n) is 7.54. The molecular formula is C18H11F3N2O4. The van der Waals surface area contributed by atoms with Gasteiger partial charge in [0, 0.05) is 0 Å². The quantitative estimate of drug-likeness (QED) is 0.623. The number of hydrogen-bond donors (Lipinski definition) is 2. The first kappa shape index (κ1) is 18.2. The standard InChI is InChI=1S/C18H11F3N2O4/c19-18(20,21)11-2-1-3-12(9-11)23-16(26)14(15(25)22-17(23)27)8-10-4-6-13(24)7-5-10/h1-9,24H,(H,22,25,27)/b14-8-. The summed E-state index contributed by atoms with van der Waals surface area (Å²) in [7, 11) is 0. The number of nitrogens with zero attached hydrogens (tertiary/aromatic N) is 1. The van der Waals surface area contributed by atoms with E-state index in [2.05, 4.69) is 0 Å². The third-order valence-corrected chi connectivity index (χ3v) is 3.74. The molecule has 2 aromatic carbocycles. The van der Waals surface area contributed by atoms with Gasteiger partial charge in [0.15, 0.2) is 0 Å². The molecule has 1 saturated heterocycles. The number of aromatic hydroxyl groups is 1. The molecule has 4 amide bonds. The van der Waals surface area contributed by atoms with E-state index in [4.69, 9.17) is 0 Å². The first-order chi connectivity index (χ1) is 12.7. The highest BCUT2D eigenvalue weighted by molar-refractivity contribution is 6.39. The molecule has 0 unspecified atom stereocenters. The van der Waals surface area contributed by atoms with Crippen LogP contribution in [-0.2, 0) is 15.8 Å². The number of carbonyl (C=O) groups is 3. The number of hydrogen-bond acceptors (Lipinski definition) is 4. The lowest BCUT2D eigenvalue weighted by Gasteiger charge is -2.26. The van der Waals surface area contributed by atoms with E-state index < -0.39 is 35.2 Å². The average Bonchev–Trinajstić information content (AvgIpc) is 2.59. The van der Waals surface area contributed by atoms with Crippen molar-refractivity contribution in [2.45, 2.75) is 6.18 Å². The van der Waals surface area contributed by atoms with Crippen molar-refractivity contribution in [2.24, 2.45) is 0 Å².